The van der Waals surface area contributed by atoms with Gasteiger partial charge in [0.15, 0.2) is 0 Å². The van der Waals surface area contributed by atoms with Crippen LogP contribution in [0.4, 0.5) is 5.69 Å². The van der Waals surface area contributed by atoms with E-state index in [2.05, 4.69) is 23.5 Å². The van der Waals surface area contributed by atoms with Gasteiger partial charge in [-0.1, -0.05) is 42.5 Å². The van der Waals surface area contributed by atoms with Gasteiger partial charge >= 0.3 is 0 Å². The van der Waals surface area contributed by atoms with Gasteiger partial charge in [-0.3, -0.25) is 0 Å². The van der Waals surface area contributed by atoms with Crippen LogP contribution in [0.15, 0.2) is 42.5 Å². The van der Waals surface area contributed by atoms with Gasteiger partial charge < -0.3 is 5.32 Å². The normalized spacial score (nSPS) is 10.1. The second-order valence-electron chi connectivity index (χ2n) is 2.72. The Hall–Kier alpha value is -1.50. The smallest absolute Gasteiger partial charge is 0.0196 e. The Bertz CT molecular complexity index is 388. The zero-order chi connectivity index (χ0) is 8.39. The van der Waals surface area contributed by atoms with Crippen LogP contribution >= 0.6 is 0 Å². The lowest BCUT2D eigenvalue weighted by molar-refractivity contribution is 1.66. The maximum atomic E-state index is 4.20. The van der Waals surface area contributed by atoms with Crippen molar-refractivity contribution < 1.29 is 0 Å². The summed E-state index contributed by atoms with van der Waals surface area (Å²) in [6.07, 6.45) is 0. The van der Waals surface area contributed by atoms with Crippen molar-refractivity contribution >= 4 is 16.5 Å². The van der Waals surface area contributed by atoms with Crippen LogP contribution < -0.4 is 0 Å². The van der Waals surface area contributed by atoms with Crippen LogP contribution in [0.5, 0.6) is 0 Å². The van der Waals surface area contributed by atoms with Gasteiger partial charge in [-0.25, -0.2) is 0 Å². The highest BCUT2D eigenvalue weighted by Gasteiger charge is 1.89. The summed E-state index contributed by atoms with van der Waals surface area (Å²) in [6.45, 7) is 0. The van der Waals surface area contributed by atoms with Crippen molar-refractivity contribution in [2.24, 2.45) is 0 Å². The molecule has 2 aromatic rings. The monoisotopic (exact) mass is 156 g/mol. The van der Waals surface area contributed by atoms with Gasteiger partial charge in [0, 0.05) is 0 Å². The molecular weight excluding hydrogens is 146 g/mol. The second kappa shape index (κ2) is 2.86. The molecule has 0 saturated carbocycles. The molecule has 0 atom stereocenters. The number of benzene rings is 2. The Labute approximate surface area is 72.0 Å². The Balaban J connectivity index is 2.79. The zero-order valence-corrected chi connectivity index (χ0v) is 6.99. The van der Waals surface area contributed by atoms with Crippen molar-refractivity contribution in [3.8, 4) is 0 Å². The van der Waals surface area contributed by atoms with Crippen LogP contribution in [-0.4, -0.2) is 7.05 Å². The maximum Gasteiger partial charge on any atom is -0.0196 e. The summed E-state index contributed by atoms with van der Waals surface area (Å²) in [5.41, 5.74) is 1.06. The number of hydrogen-bond acceptors (Lipinski definition) is 0. The van der Waals surface area contributed by atoms with Crippen molar-refractivity contribution in [3.05, 3.63) is 47.8 Å². The second-order valence-corrected chi connectivity index (χ2v) is 2.72. The highest BCUT2D eigenvalue weighted by atomic mass is 14.8. The van der Waals surface area contributed by atoms with Gasteiger partial charge in [0.1, 0.15) is 0 Å². The van der Waals surface area contributed by atoms with Crippen molar-refractivity contribution in [3.63, 3.8) is 0 Å². The fourth-order valence-electron chi connectivity index (χ4n) is 1.40. The third kappa shape index (κ3) is 1.03. The summed E-state index contributed by atoms with van der Waals surface area (Å²) in [5, 5.41) is 6.67. The lowest BCUT2D eigenvalue weighted by Crippen LogP contribution is -1.72. The predicted molar refractivity (Wildman–Crippen MR) is 52.9 cm³/mol. The highest BCUT2D eigenvalue weighted by Crippen LogP contribution is 2.27. The van der Waals surface area contributed by atoms with Gasteiger partial charge in [0.2, 0.25) is 0 Å². The summed E-state index contributed by atoms with van der Waals surface area (Å²) in [7, 11) is 1.82. The van der Waals surface area contributed by atoms with Crippen LogP contribution in [0.3, 0.4) is 0 Å². The Morgan fingerprint density at radius 1 is 0.917 bits per heavy atom. The van der Waals surface area contributed by atoms with E-state index in [4.69, 9.17) is 0 Å². The quantitative estimate of drug-likeness (QED) is 0.600. The first kappa shape index (κ1) is 7.17. The fourth-order valence-corrected chi connectivity index (χ4v) is 1.40. The van der Waals surface area contributed by atoms with Crippen LogP contribution in [0.2, 0.25) is 0 Å². The van der Waals surface area contributed by atoms with Gasteiger partial charge in [0.25, 0.3) is 0 Å². The van der Waals surface area contributed by atoms with Crippen LogP contribution in [-0.2, 0) is 0 Å². The molecule has 0 aliphatic heterocycles. The molecule has 60 valence electrons. The van der Waals surface area contributed by atoms with Gasteiger partial charge in [-0.2, -0.15) is 0 Å². The molecule has 0 aromatic heterocycles. The van der Waals surface area contributed by atoms with Crippen molar-refractivity contribution in [1.82, 2.24) is 0 Å². The lowest BCUT2D eigenvalue weighted by Gasteiger charge is -2.16. The van der Waals surface area contributed by atoms with Crippen molar-refractivity contribution in [2.75, 3.05) is 7.05 Å². The average Bonchev–Trinajstić information content (AvgIpc) is 2.17. The molecule has 12 heavy (non-hydrogen) atoms. The van der Waals surface area contributed by atoms with E-state index in [9.17, 15) is 0 Å². The standard InChI is InChI=1S/C11H10N/c1-12-11-8-4-6-9-5-2-3-7-10(9)11/h2-8H,1H3/q-1. The van der Waals surface area contributed by atoms with E-state index in [0.29, 0.717) is 0 Å². The molecule has 2 aromatic carbocycles. The topological polar surface area (TPSA) is 14.1 Å². The molecule has 0 N–H and O–H groups in total. The molecular formula is C11H10N-. The molecule has 0 heterocycles. The summed E-state index contributed by atoms with van der Waals surface area (Å²) in [6, 6.07) is 14.4. The minimum atomic E-state index is 1.06. The summed E-state index contributed by atoms with van der Waals surface area (Å²) >= 11 is 0. The van der Waals surface area contributed by atoms with Crippen LogP contribution in [0, 0.1) is 0 Å². The van der Waals surface area contributed by atoms with Gasteiger partial charge in [0.05, 0.1) is 0 Å². The molecule has 0 aliphatic carbocycles. The summed E-state index contributed by atoms with van der Waals surface area (Å²) in [4.78, 5) is 0. The number of hydrogen-bond donors (Lipinski definition) is 0. The minimum Gasteiger partial charge on any atom is -0.686 e. The van der Waals surface area contributed by atoms with E-state index in [-0.39, 0.29) is 0 Å². The molecule has 0 bridgehead atoms. The minimum absolute atomic E-state index is 1.06. The molecule has 0 saturated heterocycles. The van der Waals surface area contributed by atoms with Gasteiger partial charge in [-0.05, 0) is 10.8 Å². The first-order valence-electron chi connectivity index (χ1n) is 3.99. The molecule has 1 heteroatoms. The van der Waals surface area contributed by atoms with E-state index >= 15 is 0 Å². The Morgan fingerprint density at radius 3 is 2.50 bits per heavy atom. The molecule has 0 unspecified atom stereocenters. The van der Waals surface area contributed by atoms with E-state index in [1.54, 1.807) is 0 Å². The SMILES string of the molecule is C[N-]c1cccc2ccccc12. The van der Waals surface area contributed by atoms with E-state index in [1.807, 2.05) is 31.3 Å². The third-order valence-corrected chi connectivity index (χ3v) is 2.01. The molecule has 0 aliphatic rings. The average molecular weight is 156 g/mol. The number of nitrogens with zero attached hydrogens (tertiary/aromatic N) is 1. The summed E-state index contributed by atoms with van der Waals surface area (Å²) in [5.74, 6) is 0. The molecule has 0 fully saturated rings. The van der Waals surface area contributed by atoms with E-state index in [0.717, 1.165) is 5.69 Å². The Kier molecular flexibility index (Phi) is 1.71. The van der Waals surface area contributed by atoms with E-state index < -0.39 is 0 Å². The van der Waals surface area contributed by atoms with Crippen molar-refractivity contribution in [2.45, 2.75) is 0 Å². The first-order valence-corrected chi connectivity index (χ1v) is 3.99. The largest absolute Gasteiger partial charge is 0.686 e. The zero-order valence-electron chi connectivity index (χ0n) is 6.99. The molecule has 0 amide bonds. The maximum absolute atomic E-state index is 4.20. The van der Waals surface area contributed by atoms with Gasteiger partial charge in [-0.15, -0.1) is 12.7 Å². The number of fused-ring (bicyclic) bond motifs is 1. The molecule has 2 rings (SSSR count). The summed E-state index contributed by atoms with van der Waals surface area (Å²) < 4.78 is 0. The predicted octanol–water partition coefficient (Wildman–Crippen LogP) is 3.47. The number of rotatable bonds is 1. The van der Waals surface area contributed by atoms with Crippen LogP contribution in [0.1, 0.15) is 0 Å². The lowest BCUT2D eigenvalue weighted by atomic mass is 10.1. The van der Waals surface area contributed by atoms with Crippen LogP contribution in [0.25, 0.3) is 16.1 Å². The Morgan fingerprint density at radius 2 is 1.67 bits per heavy atom. The molecule has 1 nitrogen and oxygen atoms in total. The third-order valence-electron chi connectivity index (χ3n) is 2.01. The van der Waals surface area contributed by atoms with E-state index in [1.165, 1.54) is 10.8 Å². The molecule has 0 spiro atoms. The fraction of sp³-hybridized carbons (Fsp3) is 0.0909. The first-order chi connectivity index (χ1) is 5.92. The molecule has 0 radical (unpaired) electrons. The van der Waals surface area contributed by atoms with Crippen molar-refractivity contribution in [1.29, 1.82) is 0 Å². The highest BCUT2D eigenvalue weighted by molar-refractivity contribution is 5.94.